The summed E-state index contributed by atoms with van der Waals surface area (Å²) in [6.07, 6.45) is 34.5. The standard InChI is InChI=1S/C46H89ClO12Si8/c1-60(2,39-38-47)50-63(42-28-14-5-15-29-42)55-65(44-32-18-7-19-33-44)53-61(48,40-24-10-3-11-25-40)51-64(43-30-16-6-17-31-43)52-62(49,41-26-12-4-13-27-41)54-66(56-63,45-34-20-8-21-35-45)59-67(57-64,58-65)46-36-22-9-23-37-46/h40-46,48-49H,3-39H2,1-2H3. The molecule has 0 radical (unpaired) electrons. The second-order valence-corrected chi connectivity index (χ2v) is 50.7. The van der Waals surface area contributed by atoms with Gasteiger partial charge in [0.15, 0.2) is 8.32 Å². The maximum absolute atomic E-state index is 14.3. The van der Waals surface area contributed by atoms with Gasteiger partial charge >= 0.3 is 61.6 Å². The molecule has 2 N–H and O–H groups in total. The number of halogens is 1. The van der Waals surface area contributed by atoms with E-state index in [4.69, 9.17) is 52.8 Å². The molecule has 0 aromatic rings. The van der Waals surface area contributed by atoms with Crippen LogP contribution in [0.2, 0.25) is 57.9 Å². The lowest BCUT2D eigenvalue weighted by molar-refractivity contribution is -0.0160. The Morgan fingerprint density at radius 1 is 0.358 bits per heavy atom. The van der Waals surface area contributed by atoms with Crippen molar-refractivity contribution in [2.75, 3.05) is 5.88 Å². The first-order valence-corrected chi connectivity index (χ1v) is 44.7. The summed E-state index contributed by atoms with van der Waals surface area (Å²) < 4.78 is 83.1. The van der Waals surface area contributed by atoms with Crippen molar-refractivity contribution in [1.82, 2.24) is 0 Å². The zero-order valence-electron chi connectivity index (χ0n) is 41.6. The molecule has 3 heterocycles. The van der Waals surface area contributed by atoms with Crippen molar-refractivity contribution >= 4 is 81.5 Å². The average Bonchev–Trinajstić information content (AvgIpc) is 3.34. The summed E-state index contributed by atoms with van der Waals surface area (Å²) in [6.45, 7) is 4.56. The van der Waals surface area contributed by atoms with Crippen molar-refractivity contribution in [2.24, 2.45) is 0 Å². The zero-order valence-corrected chi connectivity index (χ0v) is 50.3. The maximum atomic E-state index is 14.3. The number of hydrogen-bond donors (Lipinski definition) is 2. The molecule has 3 saturated heterocycles. The third-order valence-corrected chi connectivity index (χ3v) is 55.5. The summed E-state index contributed by atoms with van der Waals surface area (Å²) in [5, 5.41) is 0. The van der Waals surface area contributed by atoms with Crippen LogP contribution in [-0.2, 0) is 41.2 Å². The van der Waals surface area contributed by atoms with Gasteiger partial charge in [-0.05, 0) is 109 Å². The van der Waals surface area contributed by atoms with E-state index in [9.17, 15) is 9.59 Å². The van der Waals surface area contributed by atoms with E-state index in [-0.39, 0.29) is 38.8 Å². The van der Waals surface area contributed by atoms with Gasteiger partial charge in [0, 0.05) is 44.7 Å². The molecule has 3 aliphatic heterocycles. The fourth-order valence-corrected chi connectivity index (χ4v) is 64.1. The van der Waals surface area contributed by atoms with E-state index in [0.717, 1.165) is 231 Å². The largest absolute Gasteiger partial charge is 0.486 e. The van der Waals surface area contributed by atoms with Gasteiger partial charge in [-0.25, -0.2) is 0 Å². The van der Waals surface area contributed by atoms with Crippen LogP contribution in [-0.4, -0.2) is 85.4 Å². The molecule has 67 heavy (non-hydrogen) atoms. The molecular formula is C46H89ClO12Si8. The summed E-state index contributed by atoms with van der Waals surface area (Å²) in [7, 11) is -32.4. The van der Waals surface area contributed by atoms with Gasteiger partial charge in [0.25, 0.3) is 0 Å². The zero-order chi connectivity index (χ0) is 46.3. The summed E-state index contributed by atoms with van der Waals surface area (Å²) in [5.41, 5.74) is -0.888. The van der Waals surface area contributed by atoms with Crippen LogP contribution in [0.25, 0.3) is 0 Å². The molecule has 4 atom stereocenters. The lowest BCUT2D eigenvalue weighted by Gasteiger charge is -2.63. The Balaban J connectivity index is 1.29. The lowest BCUT2D eigenvalue weighted by atomic mass is 10.0. The third-order valence-electron chi connectivity index (χ3n) is 18.5. The highest BCUT2D eigenvalue weighted by molar-refractivity contribution is 7.00. The number of rotatable bonds is 11. The van der Waals surface area contributed by atoms with E-state index in [1.807, 2.05) is 0 Å². The van der Waals surface area contributed by atoms with E-state index in [2.05, 4.69) is 13.1 Å². The summed E-state index contributed by atoms with van der Waals surface area (Å²) in [5.74, 6) is 0.481. The van der Waals surface area contributed by atoms with Crippen molar-refractivity contribution in [3.8, 4) is 0 Å². The van der Waals surface area contributed by atoms with E-state index in [1.54, 1.807) is 0 Å². The van der Waals surface area contributed by atoms with Gasteiger partial charge in [-0.3, -0.25) is 0 Å². The molecule has 21 heteroatoms. The Bertz CT molecular complexity index is 1550. The molecule has 10 fully saturated rings. The average molecular weight is 1090 g/mol. The number of alkyl halides is 1. The fourth-order valence-electron chi connectivity index (χ4n) is 14.6. The number of hydrogen-bond acceptors (Lipinski definition) is 12. The third kappa shape index (κ3) is 10.8. The summed E-state index contributed by atoms with van der Waals surface area (Å²) in [4.78, 5) is 28.7. The minimum absolute atomic E-state index is 0.0456. The summed E-state index contributed by atoms with van der Waals surface area (Å²) in [6, 6.07) is 0.731. The minimum atomic E-state index is -4.41. The van der Waals surface area contributed by atoms with Gasteiger partial charge in [0.1, 0.15) is 0 Å². The van der Waals surface area contributed by atoms with Crippen molar-refractivity contribution in [2.45, 2.75) is 283 Å². The highest BCUT2D eigenvalue weighted by Gasteiger charge is 2.83. The smallest absolute Gasteiger partial charge is 0.416 e. The van der Waals surface area contributed by atoms with E-state index in [0.29, 0.717) is 5.88 Å². The van der Waals surface area contributed by atoms with Gasteiger partial charge in [0.05, 0.1) is 0 Å². The molecule has 4 unspecified atom stereocenters. The molecule has 0 aromatic carbocycles. The van der Waals surface area contributed by atoms with Gasteiger partial charge in [-0.1, -0.05) is 135 Å². The molecule has 7 aliphatic carbocycles. The fraction of sp³-hybridized carbons (Fsp3) is 1.00. The van der Waals surface area contributed by atoms with Crippen LogP contribution in [0.4, 0.5) is 0 Å². The number of fused-ring (bicyclic) bond motifs is 3. The van der Waals surface area contributed by atoms with E-state index >= 15 is 0 Å². The maximum Gasteiger partial charge on any atom is 0.486 e. The van der Waals surface area contributed by atoms with Gasteiger partial charge in [-0.15, -0.1) is 11.6 Å². The molecule has 7 saturated carbocycles. The van der Waals surface area contributed by atoms with E-state index < -0.39 is 69.9 Å². The summed E-state index contributed by atoms with van der Waals surface area (Å²) >= 11 is 6.74. The molecule has 0 aromatic heterocycles. The Labute approximate surface area is 418 Å². The molecule has 10 rings (SSSR count). The predicted molar refractivity (Wildman–Crippen MR) is 276 cm³/mol. The molecule has 0 spiro atoms. The van der Waals surface area contributed by atoms with Crippen molar-refractivity contribution in [1.29, 1.82) is 0 Å². The van der Waals surface area contributed by atoms with Crippen LogP contribution >= 0.6 is 11.6 Å². The van der Waals surface area contributed by atoms with Crippen LogP contribution < -0.4 is 0 Å². The van der Waals surface area contributed by atoms with Crippen LogP contribution in [0, 0.1) is 0 Å². The van der Waals surface area contributed by atoms with Crippen LogP contribution in [0.5, 0.6) is 0 Å². The first kappa shape index (κ1) is 52.0. The molecule has 12 nitrogen and oxygen atoms in total. The highest BCUT2D eigenvalue weighted by atomic mass is 35.5. The minimum Gasteiger partial charge on any atom is -0.416 e. The van der Waals surface area contributed by atoms with Crippen LogP contribution in [0.15, 0.2) is 0 Å². The van der Waals surface area contributed by atoms with Crippen LogP contribution in [0.1, 0.15) is 225 Å². The van der Waals surface area contributed by atoms with Crippen LogP contribution in [0.3, 0.4) is 0 Å². The SMILES string of the molecule is C[Si](C)(CCCl)O[Si]1(C2CCCCC2)O[Si]2(C3CCCCC3)O[Si](O)(C3CCCCC3)O[Si]3(C4CCCCC4)O[Si](O)(C4CCCCC4)O[Si](C4CCCCC4)(O1)O[Si](C1CCCCC1)(O3)O2. The second-order valence-electron chi connectivity index (χ2n) is 23.8. The second kappa shape index (κ2) is 21.6. The van der Waals surface area contributed by atoms with Gasteiger partial charge in [-0.2, -0.15) is 0 Å². The topological polar surface area (TPSA) is 133 Å². The first-order valence-electron chi connectivity index (χ1n) is 28.4. The molecule has 0 amide bonds. The van der Waals surface area contributed by atoms with Gasteiger partial charge in [0.2, 0.25) is 0 Å². The first-order chi connectivity index (χ1) is 32.4. The Morgan fingerprint density at radius 3 is 0.881 bits per heavy atom. The van der Waals surface area contributed by atoms with E-state index in [1.165, 1.54) is 0 Å². The van der Waals surface area contributed by atoms with Crippen molar-refractivity contribution in [3.63, 3.8) is 0 Å². The highest BCUT2D eigenvalue weighted by Crippen LogP contribution is 2.62. The Morgan fingerprint density at radius 2 is 0.597 bits per heavy atom. The molecule has 10 aliphatic rings. The van der Waals surface area contributed by atoms with Crippen molar-refractivity contribution < 1.29 is 50.7 Å². The normalized spacial score (nSPS) is 42.9. The Hall–Kier alpha value is 1.55. The predicted octanol–water partition coefficient (Wildman–Crippen LogP) is 13.5. The molecular weight excluding hydrogens is 1000 g/mol. The van der Waals surface area contributed by atoms with Crippen molar-refractivity contribution in [3.05, 3.63) is 0 Å². The molecule has 4 bridgehead atoms. The molecule has 384 valence electrons. The quantitative estimate of drug-likeness (QED) is 0.151. The lowest BCUT2D eigenvalue weighted by Crippen LogP contribution is -2.86. The monoisotopic (exact) mass is 1090 g/mol. The Kier molecular flexibility index (Phi) is 16.8. The van der Waals surface area contributed by atoms with Gasteiger partial charge < -0.3 is 50.7 Å².